The van der Waals surface area contributed by atoms with Crippen molar-refractivity contribution in [3.63, 3.8) is 0 Å². The minimum Gasteiger partial charge on any atom is -0.387 e. The number of aliphatic hydroxyl groups is 1. The van der Waals surface area contributed by atoms with Crippen molar-refractivity contribution < 1.29 is 14.4 Å². The van der Waals surface area contributed by atoms with Crippen molar-refractivity contribution in [3.8, 4) is 0 Å². The van der Waals surface area contributed by atoms with E-state index < -0.39 is 17.1 Å². The van der Waals surface area contributed by atoms with Crippen LogP contribution in [0.2, 0.25) is 0 Å². The van der Waals surface area contributed by atoms with Crippen molar-refractivity contribution in [3.05, 3.63) is 22.2 Å². The van der Waals surface area contributed by atoms with Crippen molar-refractivity contribution in [2.24, 2.45) is 0 Å². The number of rotatable bonds is 3. The molecule has 2 heterocycles. The fourth-order valence-corrected chi connectivity index (χ4v) is 2.00. The van der Waals surface area contributed by atoms with Crippen LogP contribution in [0.15, 0.2) is 15.4 Å². The third kappa shape index (κ3) is 2.32. The molecule has 17 heavy (non-hydrogen) atoms. The molecular weight excluding hydrogens is 224 g/mol. The number of hydrogen-bond acceptors (Lipinski definition) is 5. The van der Waals surface area contributed by atoms with Crippen molar-refractivity contribution in [2.45, 2.75) is 25.9 Å². The second-order valence-electron chi connectivity index (χ2n) is 4.60. The Kier molecular flexibility index (Phi) is 2.92. The lowest BCUT2D eigenvalue weighted by atomic mass is 9.91. The molecular formula is C11H16N2O4. The van der Waals surface area contributed by atoms with Crippen LogP contribution in [0, 0.1) is 6.92 Å². The van der Waals surface area contributed by atoms with Gasteiger partial charge in [0, 0.05) is 19.2 Å². The molecule has 0 saturated carbocycles. The largest absolute Gasteiger partial charge is 0.387 e. The van der Waals surface area contributed by atoms with Gasteiger partial charge < -0.3 is 9.63 Å². The van der Waals surface area contributed by atoms with Crippen LogP contribution in [0.3, 0.4) is 0 Å². The summed E-state index contributed by atoms with van der Waals surface area (Å²) in [5, 5.41) is 9.79. The molecule has 1 aliphatic rings. The van der Waals surface area contributed by atoms with E-state index >= 15 is 0 Å². The fourth-order valence-electron chi connectivity index (χ4n) is 2.00. The van der Waals surface area contributed by atoms with E-state index in [2.05, 4.69) is 0 Å². The standard InChI is InChI=1S/C11H16N2O4/c1-3-11(16)6-12(7-11)5-10(15)13-9(14)4-8(2)17-13/h4,16H,3,5-7H2,1-2H3. The molecule has 1 saturated heterocycles. The molecule has 2 rings (SSSR count). The van der Waals surface area contributed by atoms with Gasteiger partial charge in [-0.1, -0.05) is 6.92 Å². The third-order valence-corrected chi connectivity index (χ3v) is 3.04. The number of likely N-dealkylation sites (tertiary alicyclic amines) is 1. The van der Waals surface area contributed by atoms with Gasteiger partial charge in [-0.05, 0) is 13.3 Å². The molecule has 0 atom stereocenters. The highest BCUT2D eigenvalue weighted by Crippen LogP contribution is 2.23. The van der Waals surface area contributed by atoms with Crippen molar-refractivity contribution in [1.29, 1.82) is 0 Å². The topological polar surface area (TPSA) is 75.7 Å². The number of β-amino-alcohol motifs (C(OH)–C–C–N with tert-alkyl or cyclic N) is 1. The molecule has 0 spiro atoms. The van der Waals surface area contributed by atoms with E-state index in [0.717, 1.165) is 4.74 Å². The van der Waals surface area contributed by atoms with Crippen LogP contribution >= 0.6 is 0 Å². The van der Waals surface area contributed by atoms with Gasteiger partial charge in [0.1, 0.15) is 5.76 Å². The van der Waals surface area contributed by atoms with Gasteiger partial charge in [-0.3, -0.25) is 14.5 Å². The molecule has 0 unspecified atom stereocenters. The number of aryl methyl sites for hydroxylation is 1. The maximum atomic E-state index is 11.7. The zero-order valence-corrected chi connectivity index (χ0v) is 9.97. The Bertz CT molecular complexity index is 482. The molecule has 94 valence electrons. The number of aromatic nitrogens is 1. The van der Waals surface area contributed by atoms with Crippen LogP contribution in [-0.4, -0.2) is 45.9 Å². The Balaban J connectivity index is 1.96. The number of hydrogen-bond donors (Lipinski definition) is 1. The van der Waals surface area contributed by atoms with Gasteiger partial charge in [-0.2, -0.15) is 0 Å². The van der Waals surface area contributed by atoms with Crippen LogP contribution in [-0.2, 0) is 0 Å². The van der Waals surface area contributed by atoms with Crippen LogP contribution in [0.1, 0.15) is 23.9 Å². The van der Waals surface area contributed by atoms with Gasteiger partial charge in [0.25, 0.3) is 11.5 Å². The summed E-state index contributed by atoms with van der Waals surface area (Å²) >= 11 is 0. The molecule has 6 nitrogen and oxygen atoms in total. The lowest BCUT2D eigenvalue weighted by Gasteiger charge is -2.45. The average molecular weight is 240 g/mol. The van der Waals surface area contributed by atoms with Crippen LogP contribution in [0.25, 0.3) is 0 Å². The van der Waals surface area contributed by atoms with Gasteiger partial charge in [0.15, 0.2) is 0 Å². The molecule has 6 heteroatoms. The van der Waals surface area contributed by atoms with E-state index in [4.69, 9.17) is 4.52 Å². The molecule has 1 N–H and O–H groups in total. The van der Waals surface area contributed by atoms with Crippen molar-refractivity contribution in [2.75, 3.05) is 19.6 Å². The third-order valence-electron chi connectivity index (χ3n) is 3.04. The van der Waals surface area contributed by atoms with Gasteiger partial charge in [-0.25, -0.2) is 0 Å². The summed E-state index contributed by atoms with van der Waals surface area (Å²) in [6.07, 6.45) is 0.664. The van der Waals surface area contributed by atoms with E-state index in [1.165, 1.54) is 6.07 Å². The second kappa shape index (κ2) is 4.12. The van der Waals surface area contributed by atoms with Gasteiger partial charge in [-0.15, -0.1) is 4.74 Å². The predicted octanol–water partition coefficient (Wildman–Crippen LogP) is -0.153. The summed E-state index contributed by atoms with van der Waals surface area (Å²) in [5.74, 6) is 0.0123. The zero-order valence-electron chi connectivity index (χ0n) is 9.97. The highest BCUT2D eigenvalue weighted by atomic mass is 16.5. The molecule has 0 radical (unpaired) electrons. The number of nitrogens with zero attached hydrogens (tertiary/aromatic N) is 2. The molecule has 1 aromatic heterocycles. The molecule has 1 aromatic rings. The Hall–Kier alpha value is -1.40. The fraction of sp³-hybridized carbons (Fsp3) is 0.636. The number of carbonyl (C=O) groups is 1. The number of carbonyl (C=O) groups excluding carboxylic acids is 1. The molecule has 0 aliphatic carbocycles. The molecule has 0 bridgehead atoms. The second-order valence-corrected chi connectivity index (χ2v) is 4.60. The quantitative estimate of drug-likeness (QED) is 0.795. The van der Waals surface area contributed by atoms with Crippen molar-refractivity contribution in [1.82, 2.24) is 9.64 Å². The summed E-state index contributed by atoms with van der Waals surface area (Å²) in [6, 6.07) is 1.27. The monoisotopic (exact) mass is 240 g/mol. The Morgan fingerprint density at radius 1 is 1.59 bits per heavy atom. The Labute approximate surface area is 98.4 Å². The first kappa shape index (κ1) is 12.1. The predicted molar refractivity (Wildman–Crippen MR) is 60.0 cm³/mol. The summed E-state index contributed by atoms with van der Waals surface area (Å²) in [7, 11) is 0. The normalized spacial score (nSPS) is 19.0. The van der Waals surface area contributed by atoms with Crippen LogP contribution < -0.4 is 5.56 Å². The highest BCUT2D eigenvalue weighted by Gasteiger charge is 2.40. The summed E-state index contributed by atoms with van der Waals surface area (Å²) < 4.78 is 5.75. The first-order valence-corrected chi connectivity index (χ1v) is 5.61. The van der Waals surface area contributed by atoms with Crippen LogP contribution in [0.5, 0.6) is 0 Å². The van der Waals surface area contributed by atoms with E-state index in [0.29, 0.717) is 25.3 Å². The van der Waals surface area contributed by atoms with E-state index in [1.807, 2.05) is 6.92 Å². The molecule has 1 fully saturated rings. The maximum absolute atomic E-state index is 11.7. The van der Waals surface area contributed by atoms with Gasteiger partial charge >= 0.3 is 0 Å². The average Bonchev–Trinajstić information content (AvgIpc) is 2.55. The lowest BCUT2D eigenvalue weighted by molar-refractivity contribution is -0.0960. The maximum Gasteiger partial charge on any atom is 0.290 e. The highest BCUT2D eigenvalue weighted by molar-refractivity contribution is 5.79. The summed E-state index contributed by atoms with van der Waals surface area (Å²) in [5.41, 5.74) is -1.12. The van der Waals surface area contributed by atoms with E-state index in [1.54, 1.807) is 11.8 Å². The molecule has 0 amide bonds. The van der Waals surface area contributed by atoms with E-state index in [-0.39, 0.29) is 6.54 Å². The zero-order chi connectivity index (χ0) is 12.6. The smallest absolute Gasteiger partial charge is 0.290 e. The van der Waals surface area contributed by atoms with Gasteiger partial charge in [0.2, 0.25) is 0 Å². The molecule has 0 aromatic carbocycles. The van der Waals surface area contributed by atoms with Gasteiger partial charge in [0.05, 0.1) is 12.1 Å². The van der Waals surface area contributed by atoms with Crippen molar-refractivity contribution >= 4 is 5.91 Å². The lowest BCUT2D eigenvalue weighted by Crippen LogP contribution is -2.62. The minimum absolute atomic E-state index is 0.0924. The molecule has 1 aliphatic heterocycles. The van der Waals surface area contributed by atoms with E-state index in [9.17, 15) is 14.7 Å². The minimum atomic E-state index is -0.676. The SMILES string of the molecule is CCC1(O)CN(CC(=O)n2oc(C)cc2=O)C1. The Morgan fingerprint density at radius 2 is 2.24 bits per heavy atom. The Morgan fingerprint density at radius 3 is 2.71 bits per heavy atom. The first-order chi connectivity index (χ1) is 7.93. The van der Waals surface area contributed by atoms with Crippen LogP contribution in [0.4, 0.5) is 0 Å². The first-order valence-electron chi connectivity index (χ1n) is 5.61. The summed E-state index contributed by atoms with van der Waals surface area (Å²) in [6.45, 7) is 4.53. The summed E-state index contributed by atoms with van der Waals surface area (Å²) in [4.78, 5) is 24.8.